The van der Waals surface area contributed by atoms with Crippen LogP contribution in [0.1, 0.15) is 25.8 Å². The number of nitrogens with one attached hydrogen (secondary N) is 2. The minimum atomic E-state index is -0.916. The predicted octanol–water partition coefficient (Wildman–Crippen LogP) is 0.829. The normalized spacial score (nSPS) is 14.5. The number of amides is 2. The fourth-order valence-electron chi connectivity index (χ4n) is 1.95. The Kier molecular flexibility index (Phi) is 3.09. The fourth-order valence-corrected chi connectivity index (χ4v) is 1.95. The predicted molar refractivity (Wildman–Crippen MR) is 74.7 cm³/mol. The molecule has 1 aliphatic heterocycles. The van der Waals surface area contributed by atoms with E-state index in [0.29, 0.717) is 24.2 Å². The van der Waals surface area contributed by atoms with Crippen molar-refractivity contribution in [3.05, 3.63) is 17.7 Å². The summed E-state index contributed by atoms with van der Waals surface area (Å²) in [6, 6.07) is 3.56. The van der Waals surface area contributed by atoms with Crippen LogP contribution in [-0.4, -0.2) is 17.4 Å². The summed E-state index contributed by atoms with van der Waals surface area (Å²) in [5.41, 5.74) is 13.2. The Morgan fingerprint density at radius 1 is 1.37 bits per heavy atom. The Hall–Kier alpha value is -2.24. The van der Waals surface area contributed by atoms with Gasteiger partial charge in [-0.05, 0) is 38.0 Å². The molecule has 6 heteroatoms. The van der Waals surface area contributed by atoms with Gasteiger partial charge in [0.15, 0.2) is 0 Å². The van der Waals surface area contributed by atoms with E-state index < -0.39 is 11.4 Å². The lowest BCUT2D eigenvalue weighted by Crippen LogP contribution is -2.45. The largest absolute Gasteiger partial charge is 0.397 e. The van der Waals surface area contributed by atoms with E-state index >= 15 is 0 Å². The number of anilines is 3. The quantitative estimate of drug-likeness (QED) is 0.605. The van der Waals surface area contributed by atoms with Crippen LogP contribution >= 0.6 is 0 Å². The van der Waals surface area contributed by atoms with E-state index in [0.717, 1.165) is 11.3 Å². The van der Waals surface area contributed by atoms with Crippen LogP contribution in [0.4, 0.5) is 17.1 Å². The first-order chi connectivity index (χ1) is 8.79. The molecule has 102 valence electrons. The first kappa shape index (κ1) is 13.2. The molecule has 1 aliphatic rings. The lowest BCUT2D eigenvalue weighted by atomic mass is 9.99. The lowest BCUT2D eigenvalue weighted by Gasteiger charge is -2.26. The molecule has 0 bridgehead atoms. The fraction of sp³-hybridized carbons (Fsp3) is 0.385. The van der Waals surface area contributed by atoms with Crippen molar-refractivity contribution >= 4 is 28.9 Å². The molecule has 19 heavy (non-hydrogen) atoms. The molecule has 1 heterocycles. The monoisotopic (exact) mass is 262 g/mol. The Morgan fingerprint density at radius 3 is 2.68 bits per heavy atom. The number of hydrogen-bond donors (Lipinski definition) is 4. The maximum Gasteiger partial charge on any atom is 0.242 e. The molecule has 0 saturated carbocycles. The van der Waals surface area contributed by atoms with Gasteiger partial charge in [0, 0.05) is 12.1 Å². The second-order valence-corrected chi connectivity index (χ2v) is 5.26. The second-order valence-electron chi connectivity index (χ2n) is 5.26. The van der Waals surface area contributed by atoms with Gasteiger partial charge in [0.25, 0.3) is 0 Å². The van der Waals surface area contributed by atoms with Crippen LogP contribution in [0.5, 0.6) is 0 Å². The van der Waals surface area contributed by atoms with E-state index in [1.165, 1.54) is 0 Å². The standard InChI is InChI=1S/C13H18N4O2/c1-13(2,12(15)19)17-10-6-9-7(5-8(10)14)3-4-11(18)16-9/h5-6,17H,3-4,14H2,1-2H3,(H2,15,19)(H,16,18). The van der Waals surface area contributed by atoms with E-state index in [4.69, 9.17) is 11.5 Å². The number of rotatable bonds is 3. The van der Waals surface area contributed by atoms with Crippen molar-refractivity contribution in [3.63, 3.8) is 0 Å². The van der Waals surface area contributed by atoms with Crippen LogP contribution in [0.15, 0.2) is 12.1 Å². The summed E-state index contributed by atoms with van der Waals surface area (Å²) in [6.45, 7) is 3.35. The minimum Gasteiger partial charge on any atom is -0.397 e. The van der Waals surface area contributed by atoms with Gasteiger partial charge < -0.3 is 22.1 Å². The third-order valence-electron chi connectivity index (χ3n) is 3.23. The summed E-state index contributed by atoms with van der Waals surface area (Å²) in [6.07, 6.45) is 1.14. The summed E-state index contributed by atoms with van der Waals surface area (Å²) < 4.78 is 0. The zero-order valence-electron chi connectivity index (χ0n) is 11.0. The Bertz CT molecular complexity index is 552. The Morgan fingerprint density at radius 2 is 2.05 bits per heavy atom. The molecule has 0 spiro atoms. The molecule has 2 amide bonds. The van der Waals surface area contributed by atoms with Crippen LogP contribution < -0.4 is 22.1 Å². The average Bonchev–Trinajstić information content (AvgIpc) is 2.30. The van der Waals surface area contributed by atoms with E-state index in [-0.39, 0.29) is 5.91 Å². The molecule has 0 atom stereocenters. The van der Waals surface area contributed by atoms with Gasteiger partial charge in [-0.15, -0.1) is 0 Å². The van der Waals surface area contributed by atoms with Gasteiger partial charge in [-0.25, -0.2) is 0 Å². The van der Waals surface area contributed by atoms with Gasteiger partial charge in [0.05, 0.1) is 11.4 Å². The first-order valence-electron chi connectivity index (χ1n) is 6.10. The summed E-state index contributed by atoms with van der Waals surface area (Å²) >= 11 is 0. The lowest BCUT2D eigenvalue weighted by molar-refractivity contribution is -0.121. The molecule has 1 aromatic carbocycles. The van der Waals surface area contributed by atoms with Gasteiger partial charge in [0.1, 0.15) is 5.54 Å². The number of primary amides is 1. The van der Waals surface area contributed by atoms with Crippen molar-refractivity contribution < 1.29 is 9.59 Å². The van der Waals surface area contributed by atoms with Gasteiger partial charge >= 0.3 is 0 Å². The number of nitrogen functional groups attached to an aromatic ring is 1. The number of nitrogens with two attached hydrogens (primary N) is 2. The van der Waals surface area contributed by atoms with Crippen LogP contribution in [-0.2, 0) is 16.0 Å². The van der Waals surface area contributed by atoms with Crippen molar-refractivity contribution in [1.82, 2.24) is 0 Å². The average molecular weight is 262 g/mol. The van der Waals surface area contributed by atoms with Crippen LogP contribution in [0.3, 0.4) is 0 Å². The SMILES string of the molecule is CC(C)(Nc1cc2c(cc1N)CCC(=O)N2)C(N)=O. The third-order valence-corrected chi connectivity index (χ3v) is 3.23. The Balaban J connectivity index is 2.34. The molecular formula is C13H18N4O2. The molecule has 1 aromatic rings. The van der Waals surface area contributed by atoms with Crippen LogP contribution in [0.25, 0.3) is 0 Å². The van der Waals surface area contributed by atoms with Crippen molar-refractivity contribution in [3.8, 4) is 0 Å². The molecule has 6 nitrogen and oxygen atoms in total. The molecule has 0 fully saturated rings. The van der Waals surface area contributed by atoms with Crippen LogP contribution in [0, 0.1) is 0 Å². The maximum atomic E-state index is 11.4. The number of carbonyl (C=O) groups is 2. The smallest absolute Gasteiger partial charge is 0.242 e. The molecule has 0 radical (unpaired) electrons. The van der Waals surface area contributed by atoms with Gasteiger partial charge in [-0.2, -0.15) is 0 Å². The molecule has 0 saturated heterocycles. The highest BCUT2D eigenvalue weighted by molar-refractivity contribution is 5.96. The topological polar surface area (TPSA) is 110 Å². The van der Waals surface area contributed by atoms with Crippen molar-refractivity contribution in [2.45, 2.75) is 32.2 Å². The zero-order valence-corrected chi connectivity index (χ0v) is 11.0. The number of hydrogen-bond acceptors (Lipinski definition) is 4. The summed E-state index contributed by atoms with van der Waals surface area (Å²) in [4.78, 5) is 22.7. The van der Waals surface area contributed by atoms with E-state index in [9.17, 15) is 9.59 Å². The minimum absolute atomic E-state index is 0.0163. The highest BCUT2D eigenvalue weighted by atomic mass is 16.2. The summed E-state index contributed by atoms with van der Waals surface area (Å²) in [5.74, 6) is -0.494. The van der Waals surface area contributed by atoms with Crippen molar-refractivity contribution in [1.29, 1.82) is 0 Å². The van der Waals surface area contributed by atoms with E-state index in [1.807, 2.05) is 6.07 Å². The van der Waals surface area contributed by atoms with Crippen molar-refractivity contribution in [2.24, 2.45) is 5.73 Å². The van der Waals surface area contributed by atoms with Gasteiger partial charge in [-0.1, -0.05) is 0 Å². The molecular weight excluding hydrogens is 244 g/mol. The number of carbonyl (C=O) groups excluding carboxylic acids is 2. The molecule has 0 aliphatic carbocycles. The summed E-state index contributed by atoms with van der Waals surface area (Å²) in [5, 5.41) is 5.79. The second kappa shape index (κ2) is 4.46. The Labute approximate surface area is 111 Å². The van der Waals surface area contributed by atoms with Gasteiger partial charge in [-0.3, -0.25) is 9.59 Å². The zero-order chi connectivity index (χ0) is 14.2. The number of fused-ring (bicyclic) bond motifs is 1. The highest BCUT2D eigenvalue weighted by Crippen LogP contribution is 2.32. The molecule has 6 N–H and O–H groups in total. The third kappa shape index (κ3) is 2.62. The number of benzene rings is 1. The van der Waals surface area contributed by atoms with E-state index in [1.54, 1.807) is 19.9 Å². The van der Waals surface area contributed by atoms with E-state index in [2.05, 4.69) is 10.6 Å². The highest BCUT2D eigenvalue weighted by Gasteiger charge is 2.26. The van der Waals surface area contributed by atoms with Crippen LogP contribution in [0.2, 0.25) is 0 Å². The summed E-state index contributed by atoms with van der Waals surface area (Å²) in [7, 11) is 0. The molecule has 2 rings (SSSR count). The molecule has 0 unspecified atom stereocenters. The van der Waals surface area contributed by atoms with Crippen molar-refractivity contribution in [2.75, 3.05) is 16.4 Å². The first-order valence-corrected chi connectivity index (χ1v) is 6.10. The maximum absolute atomic E-state index is 11.4. The number of aryl methyl sites for hydroxylation is 1. The van der Waals surface area contributed by atoms with Gasteiger partial charge in [0.2, 0.25) is 11.8 Å². The molecule has 0 aromatic heterocycles.